The molecule has 6 nitrogen and oxygen atoms in total. The number of nitrogens with one attached hydrogen (secondary N) is 1. The molecule has 0 saturated carbocycles. The lowest BCUT2D eigenvalue weighted by atomic mass is 10.0. The second-order valence-electron chi connectivity index (χ2n) is 6.88. The van der Waals surface area contributed by atoms with Crippen LogP contribution < -0.4 is 5.32 Å². The van der Waals surface area contributed by atoms with Crippen molar-refractivity contribution < 1.29 is 18.8 Å². The molecule has 30 heavy (non-hydrogen) atoms. The van der Waals surface area contributed by atoms with Gasteiger partial charge >= 0.3 is 0 Å². The molecule has 0 spiro atoms. The zero-order valence-corrected chi connectivity index (χ0v) is 15.9. The third-order valence-corrected chi connectivity index (χ3v) is 4.98. The van der Waals surface area contributed by atoms with Gasteiger partial charge < -0.3 is 5.32 Å². The molecule has 1 atom stereocenters. The molecule has 3 amide bonds. The molecular formula is C23H18FN3O3. The lowest BCUT2D eigenvalue weighted by molar-refractivity contribution is -0.125. The van der Waals surface area contributed by atoms with E-state index in [0.29, 0.717) is 0 Å². The number of fused-ring (bicyclic) bond motifs is 1. The van der Waals surface area contributed by atoms with Crippen LogP contribution in [-0.4, -0.2) is 33.6 Å². The average Bonchev–Trinajstić information content (AvgIpc) is 3.02. The van der Waals surface area contributed by atoms with Gasteiger partial charge in [-0.05, 0) is 29.8 Å². The number of carbonyl (C=O) groups excluding carboxylic acids is 3. The minimum atomic E-state index is -1.08. The van der Waals surface area contributed by atoms with Gasteiger partial charge in [0.2, 0.25) is 5.91 Å². The predicted molar refractivity (Wildman–Crippen MR) is 107 cm³/mol. The summed E-state index contributed by atoms with van der Waals surface area (Å²) in [5, 5.41) is 2.62. The number of aromatic nitrogens is 1. The summed E-state index contributed by atoms with van der Waals surface area (Å²) in [6, 6.07) is 17.2. The quantitative estimate of drug-likeness (QED) is 0.642. The van der Waals surface area contributed by atoms with Crippen molar-refractivity contribution in [3.8, 4) is 0 Å². The third kappa shape index (κ3) is 3.69. The summed E-state index contributed by atoms with van der Waals surface area (Å²) in [6.45, 7) is -0.153. The molecule has 1 aromatic heterocycles. The van der Waals surface area contributed by atoms with Crippen LogP contribution in [0.4, 0.5) is 4.39 Å². The second-order valence-corrected chi connectivity index (χ2v) is 6.88. The molecular weight excluding hydrogens is 385 g/mol. The number of pyridine rings is 1. The van der Waals surface area contributed by atoms with Crippen LogP contribution in [0, 0.1) is 5.82 Å². The van der Waals surface area contributed by atoms with Crippen molar-refractivity contribution in [1.82, 2.24) is 15.2 Å². The maximum atomic E-state index is 13.9. The van der Waals surface area contributed by atoms with E-state index in [4.69, 9.17) is 0 Å². The summed E-state index contributed by atoms with van der Waals surface area (Å²) < 4.78 is 13.9. The molecule has 0 fully saturated rings. The van der Waals surface area contributed by atoms with Crippen LogP contribution in [0.25, 0.3) is 0 Å². The first kappa shape index (κ1) is 19.4. The van der Waals surface area contributed by atoms with E-state index in [1.54, 1.807) is 24.3 Å². The highest BCUT2D eigenvalue weighted by Gasteiger charge is 2.42. The number of hydrogen-bond donors (Lipinski definition) is 1. The number of rotatable bonds is 6. The van der Waals surface area contributed by atoms with Gasteiger partial charge in [-0.3, -0.25) is 24.3 Å². The molecule has 7 heteroatoms. The van der Waals surface area contributed by atoms with Crippen molar-refractivity contribution in [2.24, 2.45) is 0 Å². The molecule has 4 rings (SSSR count). The normalized spacial score (nSPS) is 13.8. The Bertz CT molecular complexity index is 1080. The number of hydrogen-bond acceptors (Lipinski definition) is 4. The first-order valence-electron chi connectivity index (χ1n) is 9.44. The Labute approximate surface area is 172 Å². The lowest BCUT2D eigenvalue weighted by Crippen LogP contribution is -2.50. The van der Waals surface area contributed by atoms with Gasteiger partial charge in [-0.15, -0.1) is 0 Å². The van der Waals surface area contributed by atoms with Gasteiger partial charge in [-0.1, -0.05) is 42.5 Å². The van der Waals surface area contributed by atoms with Gasteiger partial charge in [0.1, 0.15) is 11.9 Å². The Morgan fingerprint density at radius 2 is 1.57 bits per heavy atom. The number of amides is 3. The first-order chi connectivity index (χ1) is 14.6. The Kier molecular flexibility index (Phi) is 5.34. The Hall–Kier alpha value is -3.87. The van der Waals surface area contributed by atoms with E-state index in [2.05, 4.69) is 10.3 Å². The SMILES string of the molecule is O=C(NCc1ncccc1F)C(Cc1ccccc1)N1C(=O)c2ccccc2C1=O. The maximum Gasteiger partial charge on any atom is 0.262 e. The minimum absolute atomic E-state index is 0.0756. The molecule has 1 aliphatic heterocycles. The van der Waals surface area contributed by atoms with Crippen molar-refractivity contribution in [3.05, 3.63) is 101 Å². The summed E-state index contributed by atoms with van der Waals surface area (Å²) in [4.78, 5) is 43.8. The van der Waals surface area contributed by atoms with E-state index in [-0.39, 0.29) is 29.8 Å². The van der Waals surface area contributed by atoms with E-state index in [0.717, 1.165) is 10.5 Å². The van der Waals surface area contributed by atoms with Crippen LogP contribution >= 0.6 is 0 Å². The fraction of sp³-hybridized carbons (Fsp3) is 0.130. The van der Waals surface area contributed by atoms with Crippen LogP contribution in [0.2, 0.25) is 0 Å². The van der Waals surface area contributed by atoms with Crippen molar-refractivity contribution in [2.75, 3.05) is 0 Å². The highest BCUT2D eigenvalue weighted by atomic mass is 19.1. The number of imide groups is 1. The van der Waals surface area contributed by atoms with Crippen LogP contribution in [0.5, 0.6) is 0 Å². The van der Waals surface area contributed by atoms with Crippen molar-refractivity contribution in [1.29, 1.82) is 0 Å². The number of nitrogens with zero attached hydrogens (tertiary/aromatic N) is 2. The van der Waals surface area contributed by atoms with Gasteiger partial charge in [0.15, 0.2) is 0 Å². The fourth-order valence-electron chi connectivity index (χ4n) is 3.47. The minimum Gasteiger partial charge on any atom is -0.349 e. The fourth-order valence-corrected chi connectivity index (χ4v) is 3.47. The van der Waals surface area contributed by atoms with Crippen LogP contribution in [-0.2, 0) is 17.8 Å². The molecule has 0 bridgehead atoms. The van der Waals surface area contributed by atoms with Gasteiger partial charge in [0, 0.05) is 12.6 Å². The summed E-state index contributed by atoms with van der Waals surface area (Å²) in [7, 11) is 0. The predicted octanol–water partition coefficient (Wildman–Crippen LogP) is 2.74. The first-order valence-corrected chi connectivity index (χ1v) is 9.44. The van der Waals surface area contributed by atoms with Gasteiger partial charge in [0.25, 0.3) is 11.8 Å². The van der Waals surface area contributed by atoms with E-state index in [1.165, 1.54) is 18.3 Å². The lowest BCUT2D eigenvalue weighted by Gasteiger charge is -2.25. The van der Waals surface area contributed by atoms with E-state index < -0.39 is 29.6 Å². The zero-order chi connectivity index (χ0) is 21.1. The number of carbonyl (C=O) groups is 3. The molecule has 0 radical (unpaired) electrons. The van der Waals surface area contributed by atoms with E-state index >= 15 is 0 Å². The van der Waals surface area contributed by atoms with E-state index in [1.807, 2.05) is 30.3 Å². The van der Waals surface area contributed by atoms with Gasteiger partial charge in [-0.25, -0.2) is 4.39 Å². The van der Waals surface area contributed by atoms with Crippen molar-refractivity contribution >= 4 is 17.7 Å². The number of benzene rings is 2. The molecule has 2 aromatic carbocycles. The molecule has 2 heterocycles. The zero-order valence-electron chi connectivity index (χ0n) is 15.9. The smallest absolute Gasteiger partial charge is 0.262 e. The summed E-state index contributed by atoms with van der Waals surface area (Å²) in [5.74, 6) is -2.14. The monoisotopic (exact) mass is 403 g/mol. The van der Waals surface area contributed by atoms with Crippen molar-refractivity contribution in [3.63, 3.8) is 0 Å². The Morgan fingerprint density at radius 3 is 2.20 bits per heavy atom. The number of halogens is 1. The summed E-state index contributed by atoms with van der Waals surface area (Å²) in [5.41, 5.74) is 1.40. The summed E-state index contributed by atoms with van der Waals surface area (Å²) in [6.07, 6.45) is 1.57. The van der Waals surface area contributed by atoms with Crippen LogP contribution in [0.3, 0.4) is 0 Å². The Morgan fingerprint density at radius 1 is 0.933 bits per heavy atom. The standard InChI is InChI=1S/C23H18FN3O3/c24-18-11-6-12-25-19(18)14-26-21(28)20(13-15-7-2-1-3-8-15)27-22(29)16-9-4-5-10-17(16)23(27)30/h1-12,20H,13-14H2,(H,26,28). The second kappa shape index (κ2) is 8.24. The molecule has 0 saturated heterocycles. The van der Waals surface area contributed by atoms with Crippen LogP contribution in [0.15, 0.2) is 72.9 Å². The largest absolute Gasteiger partial charge is 0.349 e. The highest BCUT2D eigenvalue weighted by Crippen LogP contribution is 2.26. The summed E-state index contributed by atoms with van der Waals surface area (Å²) >= 11 is 0. The molecule has 150 valence electrons. The van der Waals surface area contributed by atoms with Crippen LogP contribution in [0.1, 0.15) is 32.0 Å². The molecule has 1 unspecified atom stereocenters. The topological polar surface area (TPSA) is 79.4 Å². The van der Waals surface area contributed by atoms with Gasteiger partial charge in [-0.2, -0.15) is 0 Å². The molecule has 0 aliphatic carbocycles. The molecule has 1 N–H and O–H groups in total. The molecule has 1 aliphatic rings. The molecule has 3 aromatic rings. The average molecular weight is 403 g/mol. The van der Waals surface area contributed by atoms with E-state index in [9.17, 15) is 18.8 Å². The van der Waals surface area contributed by atoms with Crippen molar-refractivity contribution in [2.45, 2.75) is 19.0 Å². The highest BCUT2D eigenvalue weighted by molar-refractivity contribution is 6.22. The Balaban J connectivity index is 1.62. The maximum absolute atomic E-state index is 13.9. The van der Waals surface area contributed by atoms with Gasteiger partial charge in [0.05, 0.1) is 23.4 Å². The third-order valence-electron chi connectivity index (χ3n) is 4.98.